The van der Waals surface area contributed by atoms with Gasteiger partial charge in [0.15, 0.2) is 0 Å². The van der Waals surface area contributed by atoms with E-state index in [9.17, 15) is 9.59 Å². The standard InChI is InChI=1S/C14H19NO4.C2H4O2/c1-12(16)18-10-8-15(9-11-19-13(2)17)14-6-4-3-5-7-14;1-2(3)4/h3-7H,8-11H2,1-2H3;1H3,(H,3,4). The third kappa shape index (κ3) is 12.9. The highest BCUT2D eigenvalue weighted by atomic mass is 16.5. The van der Waals surface area contributed by atoms with Crippen LogP contribution in [0, 0.1) is 0 Å². The maximum atomic E-state index is 10.8. The summed E-state index contributed by atoms with van der Waals surface area (Å²) >= 11 is 0. The van der Waals surface area contributed by atoms with Crippen molar-refractivity contribution in [1.82, 2.24) is 0 Å². The van der Waals surface area contributed by atoms with E-state index in [-0.39, 0.29) is 11.9 Å². The number of esters is 2. The third-order valence-corrected chi connectivity index (χ3v) is 2.45. The minimum Gasteiger partial charge on any atom is -0.481 e. The van der Waals surface area contributed by atoms with E-state index in [2.05, 4.69) is 0 Å². The van der Waals surface area contributed by atoms with Crippen LogP contribution in [0.2, 0.25) is 0 Å². The molecule has 0 radical (unpaired) electrons. The lowest BCUT2D eigenvalue weighted by Gasteiger charge is -2.24. The predicted molar refractivity (Wildman–Crippen MR) is 85.2 cm³/mol. The van der Waals surface area contributed by atoms with Gasteiger partial charge in [-0.3, -0.25) is 14.4 Å². The second-order valence-corrected chi connectivity index (χ2v) is 4.52. The summed E-state index contributed by atoms with van der Waals surface area (Å²) < 4.78 is 9.87. The summed E-state index contributed by atoms with van der Waals surface area (Å²) in [6, 6.07) is 9.71. The first-order valence-electron chi connectivity index (χ1n) is 7.09. The zero-order chi connectivity index (χ0) is 17.7. The molecule has 128 valence electrons. The smallest absolute Gasteiger partial charge is 0.302 e. The van der Waals surface area contributed by atoms with Gasteiger partial charge in [0.2, 0.25) is 0 Å². The zero-order valence-corrected chi connectivity index (χ0v) is 13.7. The summed E-state index contributed by atoms with van der Waals surface area (Å²) in [6.45, 7) is 5.59. The van der Waals surface area contributed by atoms with Gasteiger partial charge in [0.1, 0.15) is 13.2 Å². The van der Waals surface area contributed by atoms with E-state index in [1.807, 2.05) is 35.2 Å². The van der Waals surface area contributed by atoms with Crippen molar-refractivity contribution < 1.29 is 29.0 Å². The SMILES string of the molecule is CC(=O)O.CC(=O)OCCN(CCOC(C)=O)c1ccccc1. The number of hydrogen-bond donors (Lipinski definition) is 1. The number of para-hydroxylation sites is 1. The van der Waals surface area contributed by atoms with Crippen molar-refractivity contribution in [2.45, 2.75) is 20.8 Å². The quantitative estimate of drug-likeness (QED) is 0.763. The average Bonchev–Trinajstić information content (AvgIpc) is 2.45. The maximum absolute atomic E-state index is 10.8. The number of benzene rings is 1. The van der Waals surface area contributed by atoms with Crippen LogP contribution < -0.4 is 4.90 Å². The number of rotatable bonds is 7. The van der Waals surface area contributed by atoms with Gasteiger partial charge >= 0.3 is 11.9 Å². The Morgan fingerprint density at radius 1 is 0.913 bits per heavy atom. The van der Waals surface area contributed by atoms with E-state index >= 15 is 0 Å². The van der Waals surface area contributed by atoms with Crippen LogP contribution in [-0.2, 0) is 23.9 Å². The molecule has 0 bridgehead atoms. The van der Waals surface area contributed by atoms with E-state index in [1.54, 1.807) is 0 Å². The fraction of sp³-hybridized carbons (Fsp3) is 0.438. The Kier molecular flexibility index (Phi) is 10.7. The molecule has 0 atom stereocenters. The van der Waals surface area contributed by atoms with Crippen LogP contribution in [0.5, 0.6) is 0 Å². The Morgan fingerprint density at radius 3 is 1.65 bits per heavy atom. The number of nitrogens with zero attached hydrogens (tertiary/aromatic N) is 1. The number of hydrogen-bond acceptors (Lipinski definition) is 6. The molecule has 1 aromatic carbocycles. The number of anilines is 1. The molecule has 0 aliphatic rings. The van der Waals surface area contributed by atoms with E-state index in [4.69, 9.17) is 19.4 Å². The summed E-state index contributed by atoms with van der Waals surface area (Å²) in [4.78, 5) is 32.5. The number of carbonyl (C=O) groups excluding carboxylic acids is 2. The molecule has 1 aromatic rings. The molecule has 1 N–H and O–H groups in total. The summed E-state index contributed by atoms with van der Waals surface area (Å²) in [6.07, 6.45) is 0. The Labute approximate surface area is 135 Å². The molecule has 0 fully saturated rings. The van der Waals surface area contributed by atoms with Gasteiger partial charge in [-0.25, -0.2) is 0 Å². The number of carboxylic acids is 1. The molecule has 7 nitrogen and oxygen atoms in total. The van der Waals surface area contributed by atoms with Gasteiger partial charge in [-0.05, 0) is 12.1 Å². The Morgan fingerprint density at radius 2 is 1.30 bits per heavy atom. The van der Waals surface area contributed by atoms with Crippen molar-refractivity contribution >= 4 is 23.6 Å². The summed E-state index contributed by atoms with van der Waals surface area (Å²) in [7, 11) is 0. The Hall–Kier alpha value is -2.57. The van der Waals surface area contributed by atoms with Gasteiger partial charge in [0.05, 0.1) is 13.1 Å². The molecule has 0 amide bonds. The molecule has 0 aromatic heterocycles. The molecule has 0 aliphatic carbocycles. The minimum atomic E-state index is -0.833. The highest BCUT2D eigenvalue weighted by molar-refractivity contribution is 5.66. The molecule has 0 unspecified atom stereocenters. The topological polar surface area (TPSA) is 93.1 Å². The maximum Gasteiger partial charge on any atom is 0.302 e. The van der Waals surface area contributed by atoms with E-state index in [1.165, 1.54) is 13.8 Å². The zero-order valence-electron chi connectivity index (χ0n) is 13.7. The number of aliphatic carboxylic acids is 1. The second kappa shape index (κ2) is 12.0. The van der Waals surface area contributed by atoms with E-state index in [0.29, 0.717) is 26.3 Å². The first-order valence-corrected chi connectivity index (χ1v) is 7.09. The first-order chi connectivity index (χ1) is 10.8. The normalized spacial score (nSPS) is 9.17. The largest absolute Gasteiger partial charge is 0.481 e. The number of carbonyl (C=O) groups is 3. The molecule has 0 spiro atoms. The molecule has 23 heavy (non-hydrogen) atoms. The van der Waals surface area contributed by atoms with Crippen LogP contribution in [0.1, 0.15) is 20.8 Å². The molecule has 0 aliphatic heterocycles. The summed E-state index contributed by atoms with van der Waals surface area (Å²) in [5.74, 6) is -1.43. The Balaban J connectivity index is 0.00000108. The molecule has 1 rings (SSSR count). The predicted octanol–water partition coefficient (Wildman–Crippen LogP) is 1.71. The van der Waals surface area contributed by atoms with Crippen LogP contribution in [0.4, 0.5) is 5.69 Å². The fourth-order valence-corrected chi connectivity index (χ4v) is 1.61. The number of ether oxygens (including phenoxy) is 2. The lowest BCUT2D eigenvalue weighted by Crippen LogP contribution is -2.31. The van der Waals surface area contributed by atoms with Gasteiger partial charge in [-0.2, -0.15) is 0 Å². The van der Waals surface area contributed by atoms with Crippen LogP contribution in [0.3, 0.4) is 0 Å². The van der Waals surface area contributed by atoms with Gasteiger partial charge in [0.25, 0.3) is 5.97 Å². The number of carboxylic acid groups (broad SMARTS) is 1. The Bertz CT molecular complexity index is 465. The summed E-state index contributed by atoms with van der Waals surface area (Å²) in [5, 5.41) is 7.42. The summed E-state index contributed by atoms with van der Waals surface area (Å²) in [5.41, 5.74) is 1.00. The molecule has 0 saturated heterocycles. The van der Waals surface area contributed by atoms with E-state index < -0.39 is 5.97 Å². The van der Waals surface area contributed by atoms with E-state index in [0.717, 1.165) is 12.6 Å². The molecule has 0 saturated carbocycles. The van der Waals surface area contributed by atoms with Crippen molar-refractivity contribution in [3.8, 4) is 0 Å². The highest BCUT2D eigenvalue weighted by Gasteiger charge is 2.07. The van der Waals surface area contributed by atoms with Crippen LogP contribution in [0.15, 0.2) is 30.3 Å². The van der Waals surface area contributed by atoms with Crippen molar-refractivity contribution in [3.05, 3.63) is 30.3 Å². The van der Waals surface area contributed by atoms with Gasteiger partial charge in [-0.15, -0.1) is 0 Å². The molecule has 7 heteroatoms. The van der Waals surface area contributed by atoms with Gasteiger partial charge in [0, 0.05) is 26.5 Å². The second-order valence-electron chi connectivity index (χ2n) is 4.52. The van der Waals surface area contributed by atoms with Crippen molar-refractivity contribution in [1.29, 1.82) is 0 Å². The van der Waals surface area contributed by atoms with Crippen molar-refractivity contribution in [2.24, 2.45) is 0 Å². The third-order valence-electron chi connectivity index (χ3n) is 2.45. The highest BCUT2D eigenvalue weighted by Crippen LogP contribution is 2.12. The monoisotopic (exact) mass is 325 g/mol. The lowest BCUT2D eigenvalue weighted by atomic mass is 10.3. The molecular weight excluding hydrogens is 302 g/mol. The first kappa shape index (κ1) is 20.4. The van der Waals surface area contributed by atoms with Crippen LogP contribution >= 0.6 is 0 Å². The van der Waals surface area contributed by atoms with Gasteiger partial charge in [-0.1, -0.05) is 18.2 Å². The average molecular weight is 325 g/mol. The minimum absolute atomic E-state index is 0.298. The van der Waals surface area contributed by atoms with Crippen molar-refractivity contribution in [2.75, 3.05) is 31.2 Å². The van der Waals surface area contributed by atoms with Gasteiger partial charge < -0.3 is 19.5 Å². The van der Waals surface area contributed by atoms with Crippen molar-refractivity contribution in [3.63, 3.8) is 0 Å². The fourth-order valence-electron chi connectivity index (χ4n) is 1.61. The molecular formula is C16H23NO6. The van der Waals surface area contributed by atoms with Crippen LogP contribution in [0.25, 0.3) is 0 Å². The lowest BCUT2D eigenvalue weighted by molar-refractivity contribution is -0.141. The van der Waals surface area contributed by atoms with Crippen LogP contribution in [-0.4, -0.2) is 49.3 Å². The molecule has 0 heterocycles.